The van der Waals surface area contributed by atoms with Crippen LogP contribution in [0.2, 0.25) is 0 Å². The molecule has 2 heterocycles. The molecule has 1 saturated heterocycles. The molecule has 0 saturated carbocycles. The van der Waals surface area contributed by atoms with Crippen LogP contribution in [0.25, 0.3) is 0 Å². The van der Waals surface area contributed by atoms with Crippen LogP contribution in [0.3, 0.4) is 0 Å². The summed E-state index contributed by atoms with van der Waals surface area (Å²) in [4.78, 5) is 24.3. The lowest BCUT2D eigenvalue weighted by Gasteiger charge is -2.24. The van der Waals surface area contributed by atoms with Crippen LogP contribution in [-0.2, 0) is 9.57 Å². The third-order valence-corrected chi connectivity index (χ3v) is 3.48. The van der Waals surface area contributed by atoms with E-state index in [1.54, 1.807) is 0 Å². The van der Waals surface area contributed by atoms with Gasteiger partial charge in [-0.25, -0.2) is 14.8 Å². The number of nitrogens with one attached hydrogen (secondary N) is 2. The van der Waals surface area contributed by atoms with Gasteiger partial charge in [-0.2, -0.15) is 0 Å². The summed E-state index contributed by atoms with van der Waals surface area (Å²) in [5, 5.41) is 6.38. The Balaban J connectivity index is 1.64. The second-order valence-corrected chi connectivity index (χ2v) is 5.02. The van der Waals surface area contributed by atoms with E-state index in [0.717, 1.165) is 30.9 Å². The van der Waals surface area contributed by atoms with E-state index in [1.165, 1.54) is 19.5 Å². The predicted octanol–water partition coefficient (Wildman–Crippen LogP) is 1.85. The number of hydrogen-bond acceptors (Lipinski definition) is 7. The normalized spacial score (nSPS) is 17.5. The highest BCUT2D eigenvalue weighted by molar-refractivity contribution is 5.54. The number of aromatic nitrogens is 2. The van der Waals surface area contributed by atoms with Gasteiger partial charge in [0.2, 0.25) is 5.95 Å². The lowest BCUT2D eigenvalue weighted by atomic mass is 10.1. The van der Waals surface area contributed by atoms with Crippen molar-refractivity contribution in [1.82, 2.24) is 15.3 Å². The van der Waals surface area contributed by atoms with Gasteiger partial charge in [-0.15, -0.1) is 0 Å². The number of ether oxygens (including phenoxy) is 1. The van der Waals surface area contributed by atoms with Crippen molar-refractivity contribution in [3.63, 3.8) is 0 Å². The number of anilines is 2. The maximum atomic E-state index is 11.2. The molecule has 120 valence electrons. The van der Waals surface area contributed by atoms with Crippen molar-refractivity contribution in [3.05, 3.63) is 47.1 Å². The quantitative estimate of drug-likeness (QED) is 0.814. The van der Waals surface area contributed by atoms with E-state index in [-0.39, 0.29) is 11.8 Å². The second-order valence-electron chi connectivity index (χ2n) is 5.02. The van der Waals surface area contributed by atoms with Crippen molar-refractivity contribution in [3.8, 4) is 0 Å². The summed E-state index contributed by atoms with van der Waals surface area (Å²) in [6.07, 6.45) is 2.87. The average molecular weight is 316 g/mol. The molecule has 2 N–H and O–H groups in total. The van der Waals surface area contributed by atoms with E-state index in [2.05, 4.69) is 25.4 Å². The fraction of sp³-hybridized carbons (Fsp3) is 0.333. The first-order valence-electron chi connectivity index (χ1n) is 7.29. The van der Waals surface area contributed by atoms with Crippen LogP contribution in [0.5, 0.6) is 0 Å². The molecule has 23 heavy (non-hydrogen) atoms. The SMILES string of the molecule is CO[N+](=O)c1cnc(Nc2ccc([C@H]3CNCCO3)cc2)nc1. The molecule has 0 amide bonds. The molecule has 1 fully saturated rings. The van der Waals surface area contributed by atoms with Gasteiger partial charge in [0.15, 0.2) is 7.11 Å². The zero-order valence-electron chi connectivity index (χ0n) is 12.7. The van der Waals surface area contributed by atoms with Crippen molar-refractivity contribution in [2.24, 2.45) is 0 Å². The number of hydrogen-bond donors (Lipinski definition) is 2. The molecule has 1 atom stereocenters. The van der Waals surface area contributed by atoms with Gasteiger partial charge < -0.3 is 15.4 Å². The topological polar surface area (TPSA) is 88.4 Å². The van der Waals surface area contributed by atoms with E-state index in [4.69, 9.17) is 4.74 Å². The maximum absolute atomic E-state index is 11.2. The first kappa shape index (κ1) is 15.3. The molecule has 0 radical (unpaired) electrons. The van der Waals surface area contributed by atoms with Gasteiger partial charge in [0, 0.05) is 18.8 Å². The second kappa shape index (κ2) is 7.12. The number of morpholine rings is 1. The van der Waals surface area contributed by atoms with Gasteiger partial charge >= 0.3 is 5.69 Å². The van der Waals surface area contributed by atoms with Crippen LogP contribution in [0.4, 0.5) is 17.3 Å². The lowest BCUT2D eigenvalue weighted by molar-refractivity contribution is -0.736. The van der Waals surface area contributed by atoms with Crippen LogP contribution < -0.4 is 10.6 Å². The van der Waals surface area contributed by atoms with Gasteiger partial charge in [-0.1, -0.05) is 12.1 Å². The van der Waals surface area contributed by atoms with Crippen molar-refractivity contribution >= 4 is 17.3 Å². The fourth-order valence-electron chi connectivity index (χ4n) is 2.28. The van der Waals surface area contributed by atoms with E-state index < -0.39 is 0 Å². The number of benzene rings is 1. The molecule has 8 heteroatoms. The Morgan fingerprint density at radius 2 is 2.04 bits per heavy atom. The molecule has 0 aliphatic carbocycles. The Bertz CT molecular complexity index is 654. The molecule has 8 nitrogen and oxygen atoms in total. The van der Waals surface area contributed by atoms with E-state index >= 15 is 0 Å². The Labute approximate surface area is 133 Å². The summed E-state index contributed by atoms with van der Waals surface area (Å²) in [6, 6.07) is 7.91. The van der Waals surface area contributed by atoms with Crippen LogP contribution >= 0.6 is 0 Å². The van der Waals surface area contributed by atoms with E-state index in [9.17, 15) is 4.91 Å². The Morgan fingerprint density at radius 1 is 1.30 bits per heavy atom. The molecule has 0 bridgehead atoms. The lowest BCUT2D eigenvalue weighted by Crippen LogP contribution is -2.33. The first-order chi connectivity index (χ1) is 11.3. The molecule has 3 rings (SSSR count). The van der Waals surface area contributed by atoms with Gasteiger partial charge in [0.05, 0.1) is 17.6 Å². The molecule has 1 aromatic carbocycles. The molecular weight excluding hydrogens is 298 g/mol. The van der Waals surface area contributed by atoms with Crippen molar-refractivity contribution in [2.45, 2.75) is 6.10 Å². The zero-order valence-corrected chi connectivity index (χ0v) is 12.7. The minimum absolute atomic E-state index is 0.0883. The molecule has 0 unspecified atom stereocenters. The van der Waals surface area contributed by atoms with Crippen molar-refractivity contribution in [1.29, 1.82) is 0 Å². The monoisotopic (exact) mass is 316 g/mol. The van der Waals surface area contributed by atoms with Crippen LogP contribution in [-0.4, -0.2) is 41.7 Å². The maximum Gasteiger partial charge on any atom is 0.353 e. The highest BCUT2D eigenvalue weighted by Gasteiger charge is 2.16. The average Bonchev–Trinajstić information content (AvgIpc) is 2.63. The minimum Gasteiger partial charge on any atom is -0.371 e. The third-order valence-electron chi connectivity index (χ3n) is 3.48. The van der Waals surface area contributed by atoms with Crippen LogP contribution in [0, 0.1) is 4.91 Å². The molecule has 0 spiro atoms. The summed E-state index contributed by atoms with van der Waals surface area (Å²) in [5.74, 6) is 0.404. The largest absolute Gasteiger partial charge is 0.371 e. The van der Waals surface area contributed by atoms with Gasteiger partial charge in [-0.3, -0.25) is 0 Å². The number of nitrogens with zero attached hydrogens (tertiary/aromatic N) is 3. The number of rotatable bonds is 5. The molecule has 1 aliphatic heterocycles. The van der Waals surface area contributed by atoms with Gasteiger partial charge in [-0.05, 0) is 17.7 Å². The van der Waals surface area contributed by atoms with E-state index in [0.29, 0.717) is 10.9 Å². The summed E-state index contributed by atoms with van der Waals surface area (Å²) in [5.41, 5.74) is 2.22. The molecular formula is C15H18N5O3+. The van der Waals surface area contributed by atoms with Gasteiger partial charge in [0.25, 0.3) is 4.92 Å². The Hall–Kier alpha value is -2.58. The molecule has 1 aliphatic rings. The molecule has 2 aromatic rings. The summed E-state index contributed by atoms with van der Waals surface area (Å²) in [6.45, 7) is 2.44. The van der Waals surface area contributed by atoms with Crippen LogP contribution in [0.15, 0.2) is 36.7 Å². The highest BCUT2D eigenvalue weighted by atomic mass is 16.8. The predicted molar refractivity (Wildman–Crippen MR) is 83.6 cm³/mol. The molecule has 1 aromatic heterocycles. The van der Waals surface area contributed by atoms with Crippen molar-refractivity contribution < 1.29 is 14.5 Å². The van der Waals surface area contributed by atoms with Crippen molar-refractivity contribution in [2.75, 3.05) is 32.1 Å². The van der Waals surface area contributed by atoms with Crippen LogP contribution in [0.1, 0.15) is 11.7 Å². The Kier molecular flexibility index (Phi) is 4.74. The smallest absolute Gasteiger partial charge is 0.353 e. The summed E-state index contributed by atoms with van der Waals surface area (Å²) in [7, 11) is 1.28. The van der Waals surface area contributed by atoms with E-state index in [1.807, 2.05) is 24.3 Å². The summed E-state index contributed by atoms with van der Waals surface area (Å²) >= 11 is 0. The standard InChI is InChI=1S/C15H18N5O3/c1-22-20(21)13-8-17-15(18-9-13)19-12-4-2-11(3-5-12)14-10-16-6-7-23-14/h2-5,8-9,14,16H,6-7,10H2,1H3,(H,17,18,19)/q+1/t14-/m1/s1. The minimum atomic E-state index is 0.0883. The van der Waals surface area contributed by atoms with Gasteiger partial charge in [0.1, 0.15) is 12.4 Å². The third kappa shape index (κ3) is 3.79. The highest BCUT2D eigenvalue weighted by Crippen LogP contribution is 2.22. The summed E-state index contributed by atoms with van der Waals surface area (Å²) < 4.78 is 5.71. The zero-order chi connectivity index (χ0) is 16.1. The Morgan fingerprint density at radius 3 is 2.65 bits per heavy atom. The first-order valence-corrected chi connectivity index (χ1v) is 7.29. The fourth-order valence-corrected chi connectivity index (χ4v) is 2.28.